The molecule has 0 radical (unpaired) electrons. The SMILES string of the molecule is Cn1cc(-c2cc(CNS(=O)O)ccc2Oc2ccccc2)c2cc[nH]c2c1=O. The van der Waals surface area contributed by atoms with Crippen LogP contribution < -0.4 is 15.0 Å². The van der Waals surface area contributed by atoms with Gasteiger partial charge in [0.15, 0.2) is 0 Å². The minimum Gasteiger partial charge on any atom is -0.457 e. The molecule has 0 aliphatic rings. The predicted molar refractivity (Wildman–Crippen MR) is 113 cm³/mol. The molecule has 8 heteroatoms. The smallest absolute Gasteiger partial charge is 0.274 e. The lowest BCUT2D eigenvalue weighted by Gasteiger charge is -2.15. The van der Waals surface area contributed by atoms with Crippen molar-refractivity contribution in [2.24, 2.45) is 7.05 Å². The number of rotatable bonds is 6. The molecule has 0 aliphatic heterocycles. The second-order valence-corrected chi connectivity index (χ2v) is 7.33. The number of nitrogens with zero attached hydrogens (tertiary/aromatic N) is 1. The van der Waals surface area contributed by atoms with Crippen molar-refractivity contribution < 1.29 is 13.5 Å². The molecular weight excluding hydrogens is 390 g/mol. The summed E-state index contributed by atoms with van der Waals surface area (Å²) < 4.78 is 30.1. The van der Waals surface area contributed by atoms with E-state index in [1.54, 1.807) is 19.4 Å². The molecule has 1 unspecified atom stereocenters. The first kappa shape index (κ1) is 19.1. The predicted octanol–water partition coefficient (Wildman–Crippen LogP) is 3.55. The number of hydrogen-bond acceptors (Lipinski definition) is 3. The Labute approximate surface area is 169 Å². The summed E-state index contributed by atoms with van der Waals surface area (Å²) in [6.07, 6.45) is 3.50. The van der Waals surface area contributed by atoms with Crippen LogP contribution >= 0.6 is 0 Å². The van der Waals surface area contributed by atoms with Gasteiger partial charge >= 0.3 is 0 Å². The van der Waals surface area contributed by atoms with Gasteiger partial charge in [0.25, 0.3) is 5.56 Å². The van der Waals surface area contributed by atoms with E-state index in [1.807, 2.05) is 54.6 Å². The van der Waals surface area contributed by atoms with Crippen LogP contribution in [0.3, 0.4) is 0 Å². The summed E-state index contributed by atoms with van der Waals surface area (Å²) in [5.41, 5.74) is 2.79. The highest BCUT2D eigenvalue weighted by Gasteiger charge is 2.15. The number of para-hydroxylation sites is 1. The number of aryl methyl sites for hydroxylation is 1. The molecule has 148 valence electrons. The Kier molecular flexibility index (Phi) is 5.30. The minimum absolute atomic E-state index is 0.118. The molecular formula is C21H19N3O4S. The zero-order valence-corrected chi connectivity index (χ0v) is 16.4. The number of H-pyrrole nitrogens is 1. The van der Waals surface area contributed by atoms with Crippen LogP contribution in [0.25, 0.3) is 22.0 Å². The topological polar surface area (TPSA) is 96.3 Å². The molecule has 1 atom stereocenters. The van der Waals surface area contributed by atoms with Crippen molar-refractivity contribution >= 4 is 22.2 Å². The van der Waals surface area contributed by atoms with E-state index in [4.69, 9.17) is 9.29 Å². The van der Waals surface area contributed by atoms with Gasteiger partial charge in [0, 0.05) is 42.5 Å². The molecule has 2 heterocycles. The van der Waals surface area contributed by atoms with Crippen molar-refractivity contribution in [3.05, 3.63) is 82.9 Å². The van der Waals surface area contributed by atoms with Gasteiger partial charge in [-0.05, 0) is 35.9 Å². The summed E-state index contributed by atoms with van der Waals surface area (Å²) in [4.78, 5) is 15.4. The highest BCUT2D eigenvalue weighted by atomic mass is 32.2. The van der Waals surface area contributed by atoms with E-state index in [2.05, 4.69) is 9.71 Å². The molecule has 4 rings (SSSR count). The molecule has 4 aromatic rings. The number of ether oxygens (including phenoxy) is 1. The van der Waals surface area contributed by atoms with Gasteiger partial charge in [-0.25, -0.2) is 8.93 Å². The zero-order valence-electron chi connectivity index (χ0n) is 15.6. The van der Waals surface area contributed by atoms with Gasteiger partial charge in [-0.2, -0.15) is 0 Å². The van der Waals surface area contributed by atoms with Gasteiger partial charge < -0.3 is 14.3 Å². The number of aromatic amines is 1. The number of aromatic nitrogens is 2. The Balaban J connectivity index is 1.88. The lowest BCUT2D eigenvalue weighted by molar-refractivity contribution is 0.484. The third-order valence-electron chi connectivity index (χ3n) is 4.60. The lowest BCUT2D eigenvalue weighted by Crippen LogP contribution is -2.17. The molecule has 0 saturated carbocycles. The number of fused-ring (bicyclic) bond motifs is 1. The highest BCUT2D eigenvalue weighted by Crippen LogP contribution is 2.37. The number of nitrogens with one attached hydrogen (secondary N) is 2. The molecule has 2 aromatic heterocycles. The molecule has 0 amide bonds. The Morgan fingerprint density at radius 3 is 2.69 bits per heavy atom. The summed E-state index contributed by atoms with van der Waals surface area (Å²) in [5.74, 6) is 1.30. The largest absolute Gasteiger partial charge is 0.457 e. The van der Waals surface area contributed by atoms with Crippen molar-refractivity contribution in [1.82, 2.24) is 14.3 Å². The molecule has 2 aromatic carbocycles. The molecule has 7 nitrogen and oxygen atoms in total. The Morgan fingerprint density at radius 2 is 1.93 bits per heavy atom. The molecule has 3 N–H and O–H groups in total. The summed E-state index contributed by atoms with van der Waals surface area (Å²) in [6, 6.07) is 16.8. The van der Waals surface area contributed by atoms with Gasteiger partial charge in [-0.3, -0.25) is 9.35 Å². The zero-order chi connectivity index (χ0) is 20.4. The van der Waals surface area contributed by atoms with Crippen molar-refractivity contribution in [2.45, 2.75) is 6.54 Å². The summed E-state index contributed by atoms with van der Waals surface area (Å²) >= 11 is -2.11. The fourth-order valence-electron chi connectivity index (χ4n) is 3.23. The van der Waals surface area contributed by atoms with E-state index in [9.17, 15) is 9.00 Å². The first-order chi connectivity index (χ1) is 14.0. The molecule has 0 saturated heterocycles. The van der Waals surface area contributed by atoms with E-state index in [0.29, 0.717) is 17.0 Å². The van der Waals surface area contributed by atoms with E-state index in [-0.39, 0.29) is 12.1 Å². The first-order valence-electron chi connectivity index (χ1n) is 8.90. The monoisotopic (exact) mass is 409 g/mol. The lowest BCUT2D eigenvalue weighted by atomic mass is 10.0. The Morgan fingerprint density at radius 1 is 1.14 bits per heavy atom. The van der Waals surface area contributed by atoms with E-state index in [1.165, 1.54) is 4.57 Å². The van der Waals surface area contributed by atoms with Crippen LogP contribution in [0, 0.1) is 0 Å². The van der Waals surface area contributed by atoms with Gasteiger partial charge in [-0.1, -0.05) is 24.3 Å². The van der Waals surface area contributed by atoms with E-state index < -0.39 is 11.3 Å². The van der Waals surface area contributed by atoms with Crippen LogP contribution in [-0.4, -0.2) is 18.3 Å². The van der Waals surface area contributed by atoms with Crippen LogP contribution in [0.2, 0.25) is 0 Å². The fourth-order valence-corrected chi connectivity index (χ4v) is 3.52. The number of benzene rings is 2. The third-order valence-corrected chi connectivity index (χ3v) is 4.99. The van der Waals surface area contributed by atoms with Crippen molar-refractivity contribution in [3.8, 4) is 22.6 Å². The molecule has 29 heavy (non-hydrogen) atoms. The maximum Gasteiger partial charge on any atom is 0.274 e. The Bertz CT molecular complexity index is 1250. The standard InChI is InChI=1S/C21H19N3O4S/c1-24-13-18(16-9-10-22-20(16)21(24)25)17-11-14(12-23-29(26)27)7-8-19(17)28-15-5-3-2-4-6-15/h2-11,13,22-23H,12H2,1H3,(H,26,27). The average Bonchev–Trinajstić information content (AvgIpc) is 3.21. The van der Waals surface area contributed by atoms with Crippen LogP contribution in [0.5, 0.6) is 11.5 Å². The van der Waals surface area contributed by atoms with Gasteiger partial charge in [-0.15, -0.1) is 0 Å². The average molecular weight is 409 g/mol. The summed E-state index contributed by atoms with van der Waals surface area (Å²) in [6.45, 7) is 0.212. The molecule has 0 spiro atoms. The maximum atomic E-state index is 12.4. The van der Waals surface area contributed by atoms with Gasteiger partial charge in [0.1, 0.15) is 17.0 Å². The number of hydrogen-bond donors (Lipinski definition) is 3. The fraction of sp³-hybridized carbons (Fsp3) is 0.0952. The van der Waals surface area contributed by atoms with Crippen LogP contribution in [0.15, 0.2) is 71.8 Å². The first-order valence-corrected chi connectivity index (χ1v) is 10.0. The summed E-state index contributed by atoms with van der Waals surface area (Å²) in [5, 5.41) is 0.779. The van der Waals surface area contributed by atoms with E-state index >= 15 is 0 Å². The summed E-state index contributed by atoms with van der Waals surface area (Å²) in [7, 11) is 1.70. The third kappa shape index (κ3) is 4.00. The van der Waals surface area contributed by atoms with Crippen LogP contribution in [0.1, 0.15) is 5.56 Å². The Hall–Kier alpha value is -3.20. The second-order valence-electron chi connectivity index (χ2n) is 6.54. The van der Waals surface area contributed by atoms with Crippen LogP contribution in [0.4, 0.5) is 0 Å². The van der Waals surface area contributed by atoms with E-state index in [0.717, 1.165) is 22.1 Å². The highest BCUT2D eigenvalue weighted by molar-refractivity contribution is 7.77. The van der Waals surface area contributed by atoms with Crippen molar-refractivity contribution in [2.75, 3.05) is 0 Å². The van der Waals surface area contributed by atoms with Crippen molar-refractivity contribution in [3.63, 3.8) is 0 Å². The minimum atomic E-state index is -2.11. The number of pyridine rings is 1. The van der Waals surface area contributed by atoms with Crippen LogP contribution in [-0.2, 0) is 24.9 Å². The quantitative estimate of drug-likeness (QED) is 0.424. The maximum absolute atomic E-state index is 12.4. The van der Waals surface area contributed by atoms with Gasteiger partial charge in [0.2, 0.25) is 11.3 Å². The molecule has 0 fully saturated rings. The second kappa shape index (κ2) is 8.04. The normalized spacial score (nSPS) is 12.2. The molecule has 0 bridgehead atoms. The van der Waals surface area contributed by atoms with Crippen molar-refractivity contribution in [1.29, 1.82) is 0 Å². The molecule has 0 aliphatic carbocycles. The van der Waals surface area contributed by atoms with Gasteiger partial charge in [0.05, 0.1) is 0 Å².